The second-order valence-corrected chi connectivity index (χ2v) is 8.10. The monoisotopic (exact) mass is 412 g/mol. The third-order valence-corrected chi connectivity index (χ3v) is 5.29. The Morgan fingerprint density at radius 1 is 0.517 bits per heavy atom. The van der Waals surface area contributed by atoms with Crippen LogP contribution < -0.4 is 0 Å². The molecule has 0 fully saturated rings. The van der Waals surface area contributed by atoms with Gasteiger partial charge in [0.05, 0.1) is 0 Å². The Morgan fingerprint density at radius 3 is 1.14 bits per heavy atom. The molecule has 170 valence electrons. The van der Waals surface area contributed by atoms with Crippen molar-refractivity contribution in [2.24, 2.45) is 0 Å². The average Bonchev–Trinajstić information content (AvgIpc) is 2.69. The van der Waals surface area contributed by atoms with E-state index in [9.17, 15) is 14.4 Å². The molecule has 0 aromatic rings. The third kappa shape index (κ3) is 22.8. The maximum atomic E-state index is 11.3. The van der Waals surface area contributed by atoms with Crippen LogP contribution >= 0.6 is 0 Å². The molecule has 0 heterocycles. The van der Waals surface area contributed by atoms with E-state index in [0.717, 1.165) is 32.1 Å². The smallest absolute Gasteiger partial charge is 0.313 e. The fourth-order valence-electron chi connectivity index (χ4n) is 3.45. The summed E-state index contributed by atoms with van der Waals surface area (Å²) in [5.74, 6) is -1.49. The Labute approximate surface area is 178 Å². The molecule has 0 unspecified atom stereocenters. The Kier molecular flexibility index (Phi) is 20.3. The Morgan fingerprint density at radius 2 is 0.828 bits per heavy atom. The lowest BCUT2D eigenvalue weighted by Crippen LogP contribution is -2.10. The maximum Gasteiger partial charge on any atom is 0.313 e. The lowest BCUT2D eigenvalue weighted by Gasteiger charge is -2.04. The quantitative estimate of drug-likeness (QED) is 0.125. The number of unbranched alkanes of at least 4 members (excludes halogenated alkanes) is 16. The SMILES string of the molecule is CCC(=O)OC(=O)CCCCCCCCCCCCCCCCCCCC(=O)O. The molecule has 5 nitrogen and oxygen atoms in total. The van der Waals surface area contributed by atoms with Crippen molar-refractivity contribution in [3.8, 4) is 0 Å². The Hall–Kier alpha value is -1.39. The van der Waals surface area contributed by atoms with Crippen LogP contribution in [-0.2, 0) is 19.1 Å². The van der Waals surface area contributed by atoms with Crippen LogP contribution in [0, 0.1) is 0 Å². The van der Waals surface area contributed by atoms with Gasteiger partial charge in [0.25, 0.3) is 0 Å². The molecule has 0 radical (unpaired) electrons. The average molecular weight is 413 g/mol. The minimum atomic E-state index is -0.675. The van der Waals surface area contributed by atoms with Crippen LogP contribution in [0.1, 0.15) is 135 Å². The summed E-state index contributed by atoms with van der Waals surface area (Å²) in [5.41, 5.74) is 0. The predicted octanol–water partition coefficient (Wildman–Crippen LogP) is 6.96. The summed E-state index contributed by atoms with van der Waals surface area (Å²) in [7, 11) is 0. The van der Waals surface area contributed by atoms with Crippen LogP contribution in [-0.4, -0.2) is 23.0 Å². The van der Waals surface area contributed by atoms with Crippen LogP contribution in [0.25, 0.3) is 0 Å². The number of esters is 2. The van der Waals surface area contributed by atoms with E-state index in [0.29, 0.717) is 12.8 Å². The lowest BCUT2D eigenvalue weighted by molar-refractivity contribution is -0.159. The number of rotatable bonds is 21. The van der Waals surface area contributed by atoms with Gasteiger partial charge in [-0.1, -0.05) is 103 Å². The molecule has 0 rings (SSSR count). The molecule has 0 aromatic carbocycles. The summed E-state index contributed by atoms with van der Waals surface area (Å²) in [6, 6.07) is 0. The first-order chi connectivity index (χ1) is 14.1. The van der Waals surface area contributed by atoms with Crippen molar-refractivity contribution in [2.45, 2.75) is 135 Å². The van der Waals surface area contributed by atoms with E-state index >= 15 is 0 Å². The first kappa shape index (κ1) is 27.6. The highest BCUT2D eigenvalue weighted by Gasteiger charge is 2.07. The van der Waals surface area contributed by atoms with E-state index in [1.807, 2.05) is 0 Å². The summed E-state index contributed by atoms with van der Waals surface area (Å²) in [5, 5.41) is 8.57. The van der Waals surface area contributed by atoms with Crippen LogP contribution in [0.15, 0.2) is 0 Å². The zero-order chi connectivity index (χ0) is 21.6. The van der Waals surface area contributed by atoms with E-state index in [4.69, 9.17) is 5.11 Å². The van der Waals surface area contributed by atoms with Gasteiger partial charge < -0.3 is 9.84 Å². The standard InChI is InChI=1S/C24H44O5/c1-2-23(27)29-24(28)21-19-17-15-13-11-9-7-5-3-4-6-8-10-12-14-16-18-20-22(25)26/h2-21H2,1H3,(H,25,26). The molecule has 0 bridgehead atoms. The highest BCUT2D eigenvalue weighted by molar-refractivity contribution is 5.85. The summed E-state index contributed by atoms with van der Waals surface area (Å²) >= 11 is 0. The molecule has 0 atom stereocenters. The van der Waals surface area contributed by atoms with Crippen LogP contribution in [0.4, 0.5) is 0 Å². The molecule has 1 N–H and O–H groups in total. The molecule has 0 aliphatic heterocycles. The molecular weight excluding hydrogens is 368 g/mol. The van der Waals surface area contributed by atoms with E-state index in [-0.39, 0.29) is 12.4 Å². The molecule has 0 amide bonds. The summed E-state index contributed by atoms with van der Waals surface area (Å²) in [6.45, 7) is 1.69. The fraction of sp³-hybridized carbons (Fsp3) is 0.875. The summed E-state index contributed by atoms with van der Waals surface area (Å²) in [4.78, 5) is 32.7. The molecule has 5 heteroatoms. The number of hydrogen-bond donors (Lipinski definition) is 1. The zero-order valence-corrected chi connectivity index (χ0v) is 18.7. The maximum absolute atomic E-state index is 11.3. The third-order valence-electron chi connectivity index (χ3n) is 5.29. The zero-order valence-electron chi connectivity index (χ0n) is 18.7. The second kappa shape index (κ2) is 21.3. The molecule has 0 aliphatic rings. The number of ether oxygens (including phenoxy) is 1. The van der Waals surface area contributed by atoms with Crippen molar-refractivity contribution in [3.63, 3.8) is 0 Å². The van der Waals surface area contributed by atoms with E-state index in [2.05, 4.69) is 4.74 Å². The first-order valence-electron chi connectivity index (χ1n) is 12.0. The van der Waals surface area contributed by atoms with Gasteiger partial charge in [-0.25, -0.2) is 0 Å². The van der Waals surface area contributed by atoms with Gasteiger partial charge in [0, 0.05) is 19.3 Å². The number of carboxylic acid groups (broad SMARTS) is 1. The Balaban J connectivity index is 3.12. The van der Waals surface area contributed by atoms with Gasteiger partial charge in [-0.2, -0.15) is 0 Å². The fourth-order valence-corrected chi connectivity index (χ4v) is 3.45. The van der Waals surface area contributed by atoms with Gasteiger partial charge in [0.1, 0.15) is 0 Å². The largest absolute Gasteiger partial charge is 0.481 e. The number of carboxylic acids is 1. The van der Waals surface area contributed by atoms with Crippen molar-refractivity contribution in [2.75, 3.05) is 0 Å². The highest BCUT2D eigenvalue weighted by Crippen LogP contribution is 2.14. The van der Waals surface area contributed by atoms with E-state index < -0.39 is 11.9 Å². The molecule has 0 spiro atoms. The van der Waals surface area contributed by atoms with Crippen molar-refractivity contribution < 1.29 is 24.2 Å². The van der Waals surface area contributed by atoms with Gasteiger partial charge in [-0.3, -0.25) is 14.4 Å². The van der Waals surface area contributed by atoms with Crippen molar-refractivity contribution in [1.82, 2.24) is 0 Å². The molecular formula is C24H44O5. The van der Waals surface area contributed by atoms with Crippen molar-refractivity contribution in [1.29, 1.82) is 0 Å². The molecule has 0 aromatic heterocycles. The van der Waals surface area contributed by atoms with Gasteiger partial charge in [0.15, 0.2) is 0 Å². The predicted molar refractivity (Wildman–Crippen MR) is 117 cm³/mol. The van der Waals surface area contributed by atoms with Crippen LogP contribution in [0.2, 0.25) is 0 Å². The highest BCUT2D eigenvalue weighted by atomic mass is 16.6. The van der Waals surface area contributed by atoms with Crippen LogP contribution in [0.3, 0.4) is 0 Å². The van der Waals surface area contributed by atoms with E-state index in [1.54, 1.807) is 6.92 Å². The van der Waals surface area contributed by atoms with Gasteiger partial charge in [-0.15, -0.1) is 0 Å². The number of carbonyl (C=O) groups excluding carboxylic acids is 2. The molecule has 29 heavy (non-hydrogen) atoms. The van der Waals surface area contributed by atoms with E-state index in [1.165, 1.54) is 77.0 Å². The van der Waals surface area contributed by atoms with Gasteiger partial charge in [-0.05, 0) is 12.8 Å². The number of carbonyl (C=O) groups is 3. The topological polar surface area (TPSA) is 80.7 Å². The minimum Gasteiger partial charge on any atom is -0.481 e. The first-order valence-corrected chi connectivity index (χ1v) is 12.0. The molecule has 0 saturated carbocycles. The van der Waals surface area contributed by atoms with Crippen LogP contribution in [0.5, 0.6) is 0 Å². The van der Waals surface area contributed by atoms with Crippen molar-refractivity contribution >= 4 is 17.9 Å². The van der Waals surface area contributed by atoms with Crippen molar-refractivity contribution in [3.05, 3.63) is 0 Å². The normalized spacial score (nSPS) is 10.8. The second-order valence-electron chi connectivity index (χ2n) is 8.10. The number of aliphatic carboxylic acids is 1. The summed E-state index contributed by atoms with van der Waals surface area (Å²) in [6.07, 6.45) is 21.4. The number of hydrogen-bond acceptors (Lipinski definition) is 4. The molecule has 0 aliphatic carbocycles. The Bertz CT molecular complexity index is 419. The summed E-state index contributed by atoms with van der Waals surface area (Å²) < 4.78 is 4.64. The van der Waals surface area contributed by atoms with Gasteiger partial charge >= 0.3 is 17.9 Å². The lowest BCUT2D eigenvalue weighted by atomic mass is 10.0. The van der Waals surface area contributed by atoms with Gasteiger partial charge in [0.2, 0.25) is 0 Å². The molecule has 0 saturated heterocycles. The minimum absolute atomic E-state index is 0.253.